The summed E-state index contributed by atoms with van der Waals surface area (Å²) in [4.78, 5) is 12.9. The summed E-state index contributed by atoms with van der Waals surface area (Å²) < 4.78 is 0. The van der Waals surface area contributed by atoms with E-state index in [1.165, 1.54) is 4.90 Å². The van der Waals surface area contributed by atoms with Crippen molar-refractivity contribution in [3.05, 3.63) is 42.0 Å². The summed E-state index contributed by atoms with van der Waals surface area (Å²) in [6.45, 7) is 3.82. The fourth-order valence-electron chi connectivity index (χ4n) is 1.83. The van der Waals surface area contributed by atoms with Gasteiger partial charge < -0.3 is 5.32 Å². The van der Waals surface area contributed by atoms with E-state index in [-0.39, 0.29) is 5.91 Å². The van der Waals surface area contributed by atoms with Crippen molar-refractivity contribution in [2.24, 2.45) is 0 Å². The van der Waals surface area contributed by atoms with Gasteiger partial charge in [-0.05, 0) is 17.7 Å². The molecule has 1 aromatic carbocycles. The van der Waals surface area contributed by atoms with Crippen LogP contribution in [-0.2, 0) is 0 Å². The Kier molecular flexibility index (Phi) is 2.82. The summed E-state index contributed by atoms with van der Waals surface area (Å²) in [7, 11) is 1.66. The van der Waals surface area contributed by atoms with Crippen molar-refractivity contribution in [1.82, 2.24) is 5.32 Å². The van der Waals surface area contributed by atoms with Gasteiger partial charge in [0.05, 0.1) is 0 Å². The van der Waals surface area contributed by atoms with E-state index in [9.17, 15) is 4.79 Å². The highest BCUT2D eigenvalue weighted by molar-refractivity contribution is 7.99. The summed E-state index contributed by atoms with van der Waals surface area (Å²) in [6.07, 6.45) is 1.92. The molecule has 0 bridgehead atoms. The van der Waals surface area contributed by atoms with Crippen LogP contribution in [0.2, 0.25) is 0 Å². The van der Waals surface area contributed by atoms with Gasteiger partial charge >= 0.3 is 0 Å². The van der Waals surface area contributed by atoms with Gasteiger partial charge in [0.2, 0.25) is 0 Å². The third-order valence-electron chi connectivity index (χ3n) is 2.61. The number of allylic oxidation sites excluding steroid dienone is 1. The molecule has 1 unspecified atom stereocenters. The standard InChI is InChI=1S/C12H13NOS/c1-3-8-7-15-10-6-4-5-9(11(8)10)12(14)13-2/h3-6,8H,1,7H2,2H3,(H,13,14). The molecule has 1 aliphatic heterocycles. The third kappa shape index (κ3) is 1.67. The largest absolute Gasteiger partial charge is 0.355 e. The van der Waals surface area contributed by atoms with Crippen LogP contribution in [0.5, 0.6) is 0 Å². The maximum atomic E-state index is 11.7. The molecule has 1 aromatic rings. The van der Waals surface area contributed by atoms with Gasteiger partial charge in [0.1, 0.15) is 0 Å². The molecule has 0 spiro atoms. The van der Waals surface area contributed by atoms with Gasteiger partial charge in [0.25, 0.3) is 5.91 Å². The molecule has 1 atom stereocenters. The first-order valence-corrected chi connectivity index (χ1v) is 5.87. The maximum Gasteiger partial charge on any atom is 0.251 e. The highest BCUT2D eigenvalue weighted by Gasteiger charge is 2.25. The fourth-order valence-corrected chi connectivity index (χ4v) is 3.09. The van der Waals surface area contributed by atoms with Crippen LogP contribution in [0.3, 0.4) is 0 Å². The zero-order valence-corrected chi connectivity index (χ0v) is 9.43. The maximum absolute atomic E-state index is 11.7. The van der Waals surface area contributed by atoms with E-state index in [2.05, 4.69) is 18.0 Å². The molecular formula is C12H13NOS. The number of benzene rings is 1. The smallest absolute Gasteiger partial charge is 0.251 e. The number of nitrogens with one attached hydrogen (secondary N) is 1. The van der Waals surface area contributed by atoms with Crippen molar-refractivity contribution >= 4 is 17.7 Å². The second-order valence-electron chi connectivity index (χ2n) is 3.45. The molecule has 0 aliphatic carbocycles. The number of hydrogen-bond acceptors (Lipinski definition) is 2. The number of hydrogen-bond donors (Lipinski definition) is 1. The summed E-state index contributed by atoms with van der Waals surface area (Å²) in [5, 5.41) is 2.67. The van der Waals surface area contributed by atoms with Crippen LogP contribution in [0.4, 0.5) is 0 Å². The molecule has 0 fully saturated rings. The first-order chi connectivity index (χ1) is 7.27. The number of thioether (sulfide) groups is 1. The summed E-state index contributed by atoms with van der Waals surface area (Å²) in [5.41, 5.74) is 1.92. The minimum atomic E-state index is -0.0128. The second-order valence-corrected chi connectivity index (χ2v) is 4.51. The molecule has 1 aliphatic rings. The van der Waals surface area contributed by atoms with E-state index >= 15 is 0 Å². The lowest BCUT2D eigenvalue weighted by atomic mass is 9.95. The van der Waals surface area contributed by atoms with Gasteiger partial charge in [0.15, 0.2) is 0 Å². The molecule has 2 nitrogen and oxygen atoms in total. The van der Waals surface area contributed by atoms with Crippen LogP contribution in [-0.4, -0.2) is 18.7 Å². The van der Waals surface area contributed by atoms with Crippen molar-refractivity contribution in [3.63, 3.8) is 0 Å². The molecule has 3 heteroatoms. The van der Waals surface area contributed by atoms with Crippen molar-refractivity contribution in [2.75, 3.05) is 12.8 Å². The van der Waals surface area contributed by atoms with Crippen molar-refractivity contribution < 1.29 is 4.79 Å². The zero-order valence-electron chi connectivity index (χ0n) is 8.62. The van der Waals surface area contributed by atoms with Gasteiger partial charge in [-0.2, -0.15) is 0 Å². The van der Waals surface area contributed by atoms with Crippen LogP contribution in [0, 0.1) is 0 Å². The van der Waals surface area contributed by atoms with Crippen LogP contribution in [0.15, 0.2) is 35.7 Å². The topological polar surface area (TPSA) is 29.1 Å². The second kappa shape index (κ2) is 4.11. The van der Waals surface area contributed by atoms with E-state index in [1.54, 1.807) is 18.8 Å². The highest BCUT2D eigenvalue weighted by atomic mass is 32.2. The van der Waals surface area contributed by atoms with Gasteiger partial charge in [-0.1, -0.05) is 12.1 Å². The van der Waals surface area contributed by atoms with E-state index in [0.29, 0.717) is 5.92 Å². The summed E-state index contributed by atoms with van der Waals surface area (Å²) in [5.74, 6) is 1.28. The van der Waals surface area contributed by atoms with Crippen molar-refractivity contribution in [1.29, 1.82) is 0 Å². The van der Waals surface area contributed by atoms with Gasteiger partial charge in [-0.25, -0.2) is 0 Å². The number of fused-ring (bicyclic) bond motifs is 1. The Morgan fingerprint density at radius 3 is 3.13 bits per heavy atom. The average molecular weight is 219 g/mol. The summed E-state index contributed by atoms with van der Waals surface area (Å²) >= 11 is 1.79. The molecule has 0 aromatic heterocycles. The Morgan fingerprint density at radius 2 is 2.47 bits per heavy atom. The molecular weight excluding hydrogens is 206 g/mol. The Bertz CT molecular complexity index is 414. The zero-order chi connectivity index (χ0) is 10.8. The molecule has 1 heterocycles. The number of rotatable bonds is 2. The van der Waals surface area contributed by atoms with Crippen LogP contribution in [0.1, 0.15) is 21.8 Å². The number of carbonyl (C=O) groups is 1. The Labute approximate surface area is 93.8 Å². The lowest BCUT2D eigenvalue weighted by molar-refractivity contribution is 0.0962. The lowest BCUT2D eigenvalue weighted by Gasteiger charge is -2.10. The van der Waals surface area contributed by atoms with Crippen LogP contribution in [0.25, 0.3) is 0 Å². The monoisotopic (exact) mass is 219 g/mol. The predicted molar refractivity (Wildman–Crippen MR) is 63.5 cm³/mol. The van der Waals surface area contributed by atoms with Gasteiger partial charge in [0, 0.05) is 29.2 Å². The van der Waals surface area contributed by atoms with Gasteiger partial charge in [-0.3, -0.25) is 4.79 Å². The third-order valence-corrected chi connectivity index (χ3v) is 3.80. The molecule has 2 rings (SSSR count). The van der Waals surface area contributed by atoms with E-state index in [0.717, 1.165) is 16.9 Å². The molecule has 1 N–H and O–H groups in total. The van der Waals surface area contributed by atoms with E-state index in [4.69, 9.17) is 0 Å². The Balaban J connectivity index is 2.53. The Hall–Kier alpha value is -1.22. The SMILES string of the molecule is C=CC1CSc2cccc(C(=O)NC)c21. The van der Waals surface area contributed by atoms with E-state index < -0.39 is 0 Å². The first kappa shape index (κ1) is 10.3. The van der Waals surface area contributed by atoms with Crippen LogP contribution >= 0.6 is 11.8 Å². The minimum Gasteiger partial charge on any atom is -0.355 e. The molecule has 0 radical (unpaired) electrons. The van der Waals surface area contributed by atoms with E-state index in [1.807, 2.05) is 18.2 Å². The highest BCUT2D eigenvalue weighted by Crippen LogP contribution is 2.41. The normalized spacial score (nSPS) is 18.3. The quantitative estimate of drug-likeness (QED) is 0.774. The lowest BCUT2D eigenvalue weighted by Crippen LogP contribution is -2.20. The van der Waals surface area contributed by atoms with Crippen molar-refractivity contribution in [3.8, 4) is 0 Å². The van der Waals surface area contributed by atoms with Gasteiger partial charge in [-0.15, -0.1) is 18.3 Å². The predicted octanol–water partition coefficient (Wildman–Crippen LogP) is 2.42. The molecule has 78 valence electrons. The molecule has 0 saturated carbocycles. The first-order valence-electron chi connectivity index (χ1n) is 4.88. The molecule has 0 saturated heterocycles. The molecule has 1 amide bonds. The summed E-state index contributed by atoms with van der Waals surface area (Å²) in [6, 6.07) is 5.87. The minimum absolute atomic E-state index is 0.0128. The Morgan fingerprint density at radius 1 is 1.67 bits per heavy atom. The number of amides is 1. The number of carbonyl (C=O) groups excluding carboxylic acids is 1. The fraction of sp³-hybridized carbons (Fsp3) is 0.250. The molecule has 15 heavy (non-hydrogen) atoms. The average Bonchev–Trinajstić information content (AvgIpc) is 2.70. The van der Waals surface area contributed by atoms with Crippen molar-refractivity contribution in [2.45, 2.75) is 10.8 Å². The van der Waals surface area contributed by atoms with Crippen LogP contribution < -0.4 is 5.32 Å².